The van der Waals surface area contributed by atoms with Crippen molar-refractivity contribution in [1.29, 1.82) is 0 Å². The topological polar surface area (TPSA) is 60.4 Å². The minimum atomic E-state index is -4.36. The number of rotatable bonds is 6. The number of carbonyl (C=O) groups is 1. The maximum atomic E-state index is 13.0. The van der Waals surface area contributed by atoms with E-state index in [4.69, 9.17) is 4.74 Å². The first kappa shape index (κ1) is 26.3. The maximum absolute atomic E-state index is 13.0. The molecule has 1 aliphatic heterocycles. The van der Waals surface area contributed by atoms with Crippen LogP contribution in [0.2, 0.25) is 0 Å². The molecular formula is C19H29F3IN5O2. The third-order valence-electron chi connectivity index (χ3n) is 4.57. The fraction of sp³-hybridized carbons (Fsp3) is 0.579. The summed E-state index contributed by atoms with van der Waals surface area (Å²) in [7, 11) is 4.94. The van der Waals surface area contributed by atoms with Crippen LogP contribution in [0.1, 0.15) is 5.56 Å². The standard InChI is InChI=1S/C19H28F3N5O2.HI/c1-25(2)17(28)14-24-18(23-7-12-29-3)27-10-8-26(9-11-27)16-6-4-5-15(13-16)19(20,21)22;/h4-6,13H,7-12,14H2,1-3H3,(H,23,24);1H. The zero-order chi connectivity index (χ0) is 21.4. The molecule has 0 aliphatic carbocycles. The lowest BCUT2D eigenvalue weighted by molar-refractivity contribution is -0.137. The molecule has 30 heavy (non-hydrogen) atoms. The second-order valence-electron chi connectivity index (χ2n) is 6.87. The Bertz CT molecular complexity index is 708. The Morgan fingerprint density at radius 3 is 2.47 bits per heavy atom. The normalized spacial score (nSPS) is 14.9. The van der Waals surface area contributed by atoms with Crippen molar-refractivity contribution in [3.05, 3.63) is 29.8 Å². The number of carbonyl (C=O) groups excluding carboxylic acids is 1. The van der Waals surface area contributed by atoms with Gasteiger partial charge in [-0.1, -0.05) is 6.07 Å². The van der Waals surface area contributed by atoms with Crippen LogP contribution in [-0.2, 0) is 15.7 Å². The number of benzene rings is 1. The predicted octanol–water partition coefficient (Wildman–Crippen LogP) is 2.13. The van der Waals surface area contributed by atoms with Gasteiger partial charge in [0.25, 0.3) is 0 Å². The summed E-state index contributed by atoms with van der Waals surface area (Å²) < 4.78 is 43.9. The largest absolute Gasteiger partial charge is 0.416 e. The number of hydrogen-bond acceptors (Lipinski definition) is 4. The van der Waals surface area contributed by atoms with Crippen LogP contribution >= 0.6 is 24.0 Å². The molecule has 7 nitrogen and oxygen atoms in total. The molecule has 2 rings (SSSR count). The van der Waals surface area contributed by atoms with Crippen molar-refractivity contribution in [2.45, 2.75) is 6.18 Å². The number of amides is 1. The third-order valence-corrected chi connectivity index (χ3v) is 4.57. The number of methoxy groups -OCH3 is 1. The second kappa shape index (κ2) is 12.2. The molecule has 1 N–H and O–H groups in total. The number of aliphatic imine (C=N–C) groups is 1. The van der Waals surface area contributed by atoms with Gasteiger partial charge in [-0.2, -0.15) is 13.2 Å². The van der Waals surface area contributed by atoms with Crippen molar-refractivity contribution in [3.8, 4) is 0 Å². The summed E-state index contributed by atoms with van der Waals surface area (Å²) >= 11 is 0. The van der Waals surface area contributed by atoms with Crippen molar-refractivity contribution < 1.29 is 22.7 Å². The lowest BCUT2D eigenvalue weighted by Gasteiger charge is -2.38. The first-order valence-electron chi connectivity index (χ1n) is 9.37. The van der Waals surface area contributed by atoms with Crippen LogP contribution in [0, 0.1) is 0 Å². The number of nitrogens with one attached hydrogen (secondary N) is 1. The summed E-state index contributed by atoms with van der Waals surface area (Å²) in [6.07, 6.45) is -4.36. The SMILES string of the molecule is COCCNC(=NCC(=O)N(C)C)N1CCN(c2cccc(C(F)(F)F)c2)CC1.I. The van der Waals surface area contributed by atoms with Crippen molar-refractivity contribution in [2.75, 3.05) is 72.0 Å². The molecule has 11 heteroatoms. The molecule has 0 atom stereocenters. The monoisotopic (exact) mass is 543 g/mol. The Kier molecular flexibility index (Phi) is 10.7. The quantitative estimate of drug-likeness (QED) is 0.258. The summed E-state index contributed by atoms with van der Waals surface area (Å²) in [6.45, 7) is 3.30. The van der Waals surface area contributed by atoms with Gasteiger partial charge >= 0.3 is 6.18 Å². The summed E-state index contributed by atoms with van der Waals surface area (Å²) in [6, 6.07) is 5.37. The minimum Gasteiger partial charge on any atom is -0.383 e. The van der Waals surface area contributed by atoms with Crippen LogP contribution < -0.4 is 10.2 Å². The third kappa shape index (κ3) is 7.82. The van der Waals surface area contributed by atoms with Crippen LogP contribution in [0.5, 0.6) is 0 Å². The van der Waals surface area contributed by atoms with E-state index >= 15 is 0 Å². The van der Waals surface area contributed by atoms with Crippen LogP contribution in [0.25, 0.3) is 0 Å². The van der Waals surface area contributed by atoms with E-state index in [1.165, 1.54) is 17.0 Å². The van der Waals surface area contributed by atoms with Gasteiger partial charge in [0.15, 0.2) is 5.96 Å². The summed E-state index contributed by atoms with van der Waals surface area (Å²) in [4.78, 5) is 21.7. The Hall–Kier alpha value is -1.76. The molecule has 1 aliphatic rings. The van der Waals surface area contributed by atoms with Crippen LogP contribution in [0.15, 0.2) is 29.3 Å². The van der Waals surface area contributed by atoms with E-state index in [9.17, 15) is 18.0 Å². The highest BCUT2D eigenvalue weighted by atomic mass is 127. The molecule has 1 aromatic rings. The van der Waals surface area contributed by atoms with Gasteiger partial charge in [0.05, 0.1) is 12.2 Å². The van der Waals surface area contributed by atoms with Crippen LogP contribution in [-0.4, -0.2) is 88.7 Å². The molecule has 1 saturated heterocycles. The summed E-state index contributed by atoms with van der Waals surface area (Å²) in [5.41, 5.74) is -0.101. The van der Waals surface area contributed by atoms with Crippen molar-refractivity contribution in [2.24, 2.45) is 4.99 Å². The van der Waals surface area contributed by atoms with Gasteiger partial charge in [-0.25, -0.2) is 4.99 Å². The number of alkyl halides is 3. The molecule has 0 radical (unpaired) electrons. The Morgan fingerprint density at radius 2 is 1.90 bits per heavy atom. The fourth-order valence-electron chi connectivity index (χ4n) is 2.87. The molecule has 0 spiro atoms. The lowest BCUT2D eigenvalue weighted by atomic mass is 10.1. The van der Waals surface area contributed by atoms with E-state index in [1.54, 1.807) is 27.3 Å². The van der Waals surface area contributed by atoms with E-state index in [2.05, 4.69) is 10.3 Å². The molecule has 0 aromatic heterocycles. The average Bonchev–Trinajstić information content (AvgIpc) is 2.70. The number of halogens is 4. The molecule has 170 valence electrons. The minimum absolute atomic E-state index is 0. The highest BCUT2D eigenvalue weighted by Crippen LogP contribution is 2.31. The Labute approximate surface area is 192 Å². The number of ether oxygens (including phenoxy) is 1. The van der Waals surface area contributed by atoms with Crippen molar-refractivity contribution in [1.82, 2.24) is 15.1 Å². The van der Waals surface area contributed by atoms with Gasteiger partial charge in [-0.15, -0.1) is 24.0 Å². The molecule has 0 unspecified atom stereocenters. The summed E-state index contributed by atoms with van der Waals surface area (Å²) in [5, 5.41) is 3.18. The molecule has 0 bridgehead atoms. The van der Waals surface area contributed by atoms with Gasteiger partial charge in [0.1, 0.15) is 6.54 Å². The smallest absolute Gasteiger partial charge is 0.383 e. The number of likely N-dealkylation sites (N-methyl/N-ethyl adjacent to an activating group) is 1. The number of anilines is 1. The number of piperazine rings is 1. The average molecular weight is 543 g/mol. The molecule has 1 amide bonds. The van der Waals surface area contributed by atoms with Crippen molar-refractivity contribution >= 4 is 41.5 Å². The molecule has 1 fully saturated rings. The summed E-state index contributed by atoms with van der Waals surface area (Å²) in [5.74, 6) is 0.486. The fourth-order valence-corrected chi connectivity index (χ4v) is 2.87. The first-order chi connectivity index (χ1) is 13.7. The van der Waals surface area contributed by atoms with E-state index < -0.39 is 11.7 Å². The van der Waals surface area contributed by atoms with Gasteiger partial charge in [-0.05, 0) is 18.2 Å². The maximum Gasteiger partial charge on any atom is 0.416 e. The van der Waals surface area contributed by atoms with E-state index in [0.29, 0.717) is 51.0 Å². The number of guanidine groups is 1. The zero-order valence-electron chi connectivity index (χ0n) is 17.4. The Balaban J connectivity index is 0.00000450. The molecule has 1 heterocycles. The lowest BCUT2D eigenvalue weighted by Crippen LogP contribution is -2.53. The van der Waals surface area contributed by atoms with Crippen molar-refractivity contribution in [3.63, 3.8) is 0 Å². The number of hydrogen-bond donors (Lipinski definition) is 1. The Morgan fingerprint density at radius 1 is 1.23 bits per heavy atom. The predicted molar refractivity (Wildman–Crippen MR) is 122 cm³/mol. The van der Waals surface area contributed by atoms with Gasteiger partial charge in [-0.3, -0.25) is 4.79 Å². The van der Waals surface area contributed by atoms with Gasteiger partial charge < -0.3 is 24.8 Å². The van der Waals surface area contributed by atoms with Gasteiger partial charge in [0, 0.05) is 59.6 Å². The van der Waals surface area contributed by atoms with Crippen LogP contribution in [0.4, 0.5) is 18.9 Å². The highest BCUT2D eigenvalue weighted by Gasteiger charge is 2.31. The second-order valence-corrected chi connectivity index (χ2v) is 6.87. The molecule has 1 aromatic carbocycles. The van der Waals surface area contributed by atoms with E-state index in [1.807, 2.05) is 9.80 Å². The first-order valence-corrected chi connectivity index (χ1v) is 9.37. The molecule has 0 saturated carbocycles. The van der Waals surface area contributed by atoms with E-state index in [0.717, 1.165) is 6.07 Å². The van der Waals surface area contributed by atoms with Gasteiger partial charge in [0.2, 0.25) is 5.91 Å². The number of nitrogens with zero attached hydrogens (tertiary/aromatic N) is 4. The zero-order valence-corrected chi connectivity index (χ0v) is 19.7. The van der Waals surface area contributed by atoms with Crippen LogP contribution in [0.3, 0.4) is 0 Å². The molecular weight excluding hydrogens is 514 g/mol. The highest BCUT2D eigenvalue weighted by molar-refractivity contribution is 14.0. The van der Waals surface area contributed by atoms with E-state index in [-0.39, 0.29) is 36.4 Å².